The highest BCUT2D eigenvalue weighted by atomic mass is 32.2. The van der Waals surface area contributed by atoms with Crippen molar-refractivity contribution in [1.82, 2.24) is 4.72 Å². The van der Waals surface area contributed by atoms with Crippen molar-refractivity contribution in [3.63, 3.8) is 0 Å². The summed E-state index contributed by atoms with van der Waals surface area (Å²) in [7, 11) is -1.69. The molecule has 0 amide bonds. The third-order valence-corrected chi connectivity index (χ3v) is 10.3. The van der Waals surface area contributed by atoms with Crippen LogP contribution in [0.15, 0.2) is 0 Å². The van der Waals surface area contributed by atoms with Gasteiger partial charge in [-0.2, -0.15) is 0 Å². The van der Waals surface area contributed by atoms with Crippen molar-refractivity contribution in [3.05, 3.63) is 0 Å². The summed E-state index contributed by atoms with van der Waals surface area (Å²) in [5.74, 6) is 2.61. The van der Waals surface area contributed by atoms with Crippen LogP contribution < -0.4 is 4.72 Å². The minimum absolute atomic E-state index is 0.0787. The average Bonchev–Trinajstić information content (AvgIpc) is 2.42. The zero-order valence-electron chi connectivity index (χ0n) is 16.7. The van der Waals surface area contributed by atoms with Crippen LogP contribution in [0.25, 0.3) is 0 Å². The van der Waals surface area contributed by atoms with E-state index in [1.165, 1.54) is 7.11 Å². The lowest BCUT2D eigenvalue weighted by Gasteiger charge is -2.38. The highest BCUT2D eigenvalue weighted by Gasteiger charge is 2.38. The number of terminal acetylenes is 1. The number of nitrogens with one attached hydrogen (secondary N) is 1. The van der Waals surface area contributed by atoms with Crippen molar-refractivity contribution in [3.8, 4) is 12.3 Å². The zero-order valence-corrected chi connectivity index (χ0v) is 18.5. The van der Waals surface area contributed by atoms with Gasteiger partial charge in [0.05, 0.1) is 28.4 Å². The van der Waals surface area contributed by atoms with E-state index in [1.54, 1.807) is 0 Å². The Bertz CT molecular complexity index is 449. The topological polar surface area (TPSA) is 56.8 Å². The second-order valence-electron chi connectivity index (χ2n) is 8.34. The van der Waals surface area contributed by atoms with E-state index >= 15 is 0 Å². The van der Waals surface area contributed by atoms with Crippen LogP contribution in [0.2, 0.25) is 18.1 Å². The summed E-state index contributed by atoms with van der Waals surface area (Å²) in [5, 5.41) is 0.0831. The van der Waals surface area contributed by atoms with Gasteiger partial charge in [0.15, 0.2) is 8.32 Å². The lowest BCUT2D eigenvalue weighted by Crippen LogP contribution is -2.52. The van der Waals surface area contributed by atoms with Crippen molar-refractivity contribution in [2.24, 2.45) is 0 Å². The molecule has 0 rings (SSSR count). The molecule has 0 fully saturated rings. The maximum absolute atomic E-state index is 12.5. The maximum atomic E-state index is 12.5. The Morgan fingerprint density at radius 2 is 1.75 bits per heavy atom. The molecule has 0 aliphatic carbocycles. The van der Waals surface area contributed by atoms with E-state index in [2.05, 4.69) is 44.5 Å². The Morgan fingerprint density at radius 1 is 1.21 bits per heavy atom. The monoisotopic (exact) mass is 377 g/mol. The van der Waals surface area contributed by atoms with Crippen LogP contribution in [0.3, 0.4) is 0 Å². The van der Waals surface area contributed by atoms with Crippen LogP contribution >= 0.6 is 0 Å². The Balaban J connectivity index is 5.19. The fraction of sp³-hybridized carbons (Fsp3) is 0.882. The van der Waals surface area contributed by atoms with E-state index < -0.39 is 30.2 Å². The maximum Gasteiger partial charge on any atom is 0.192 e. The van der Waals surface area contributed by atoms with E-state index in [-0.39, 0.29) is 17.9 Å². The van der Waals surface area contributed by atoms with E-state index in [9.17, 15) is 4.21 Å². The predicted octanol–water partition coefficient (Wildman–Crippen LogP) is 3.05. The van der Waals surface area contributed by atoms with Gasteiger partial charge in [-0.05, 0) is 38.9 Å². The third kappa shape index (κ3) is 7.77. The molecule has 0 bridgehead atoms. The van der Waals surface area contributed by atoms with E-state index in [0.717, 1.165) is 0 Å². The molecular weight excluding hydrogens is 342 g/mol. The number of methoxy groups -OCH3 is 1. The van der Waals surface area contributed by atoms with E-state index in [0.29, 0.717) is 6.61 Å². The largest absolute Gasteiger partial charge is 0.415 e. The van der Waals surface area contributed by atoms with Gasteiger partial charge in [0.25, 0.3) is 0 Å². The summed E-state index contributed by atoms with van der Waals surface area (Å²) in [6, 6.07) is -0.376. The molecule has 0 saturated heterocycles. The first kappa shape index (κ1) is 23.8. The smallest absolute Gasteiger partial charge is 0.192 e. The zero-order chi connectivity index (χ0) is 19.2. The lowest BCUT2D eigenvalue weighted by molar-refractivity contribution is -0.0643. The van der Waals surface area contributed by atoms with E-state index in [4.69, 9.17) is 20.3 Å². The molecule has 0 aromatic heterocycles. The van der Waals surface area contributed by atoms with Crippen LogP contribution in [0.4, 0.5) is 0 Å². The van der Waals surface area contributed by atoms with Crippen molar-refractivity contribution >= 4 is 19.3 Å². The van der Waals surface area contributed by atoms with Gasteiger partial charge in [-0.25, -0.2) is 8.93 Å². The summed E-state index contributed by atoms with van der Waals surface area (Å²) in [4.78, 5) is 0. The van der Waals surface area contributed by atoms with Gasteiger partial charge in [0, 0.05) is 7.11 Å². The van der Waals surface area contributed by atoms with Gasteiger partial charge < -0.3 is 13.9 Å². The number of hydrogen-bond acceptors (Lipinski definition) is 4. The highest BCUT2D eigenvalue weighted by molar-refractivity contribution is 7.84. The molecule has 142 valence electrons. The van der Waals surface area contributed by atoms with E-state index in [1.807, 2.05) is 20.8 Å². The van der Waals surface area contributed by atoms with Crippen LogP contribution in [-0.4, -0.2) is 49.9 Å². The minimum atomic E-state index is -1.95. The van der Waals surface area contributed by atoms with Crippen molar-refractivity contribution in [1.29, 1.82) is 0 Å². The minimum Gasteiger partial charge on any atom is -0.415 e. The Labute approximate surface area is 151 Å². The molecule has 0 aromatic rings. The first-order chi connectivity index (χ1) is 10.8. The van der Waals surface area contributed by atoms with Crippen LogP contribution in [-0.2, 0) is 24.9 Å². The van der Waals surface area contributed by atoms with Crippen molar-refractivity contribution in [2.45, 2.75) is 76.6 Å². The quantitative estimate of drug-likeness (QED) is 0.381. The van der Waals surface area contributed by atoms with Gasteiger partial charge in [0.2, 0.25) is 0 Å². The average molecular weight is 378 g/mol. The summed E-state index contributed by atoms with van der Waals surface area (Å²) in [5.41, 5.74) is 0. The molecule has 1 N–H and O–H groups in total. The molecule has 0 heterocycles. The fourth-order valence-electron chi connectivity index (χ4n) is 1.43. The molecule has 7 heteroatoms. The normalized spacial score (nSPS) is 17.2. The Hall–Kier alpha value is -0.233. The predicted molar refractivity (Wildman–Crippen MR) is 104 cm³/mol. The molecule has 0 spiro atoms. The lowest BCUT2D eigenvalue weighted by atomic mass is 10.2. The summed E-state index contributed by atoms with van der Waals surface area (Å²) in [6.07, 6.45) is 5.03. The van der Waals surface area contributed by atoms with Gasteiger partial charge in [-0.15, -0.1) is 6.42 Å². The number of hydrogen-bond donors (Lipinski definition) is 1. The molecule has 0 saturated carbocycles. The van der Waals surface area contributed by atoms with Crippen LogP contribution in [0, 0.1) is 12.3 Å². The second kappa shape index (κ2) is 9.46. The first-order valence-electron chi connectivity index (χ1n) is 8.15. The number of rotatable bonds is 9. The molecule has 24 heavy (non-hydrogen) atoms. The SMILES string of the molecule is C#C[C@@H](OCOC)[C@H](CO[Si](C)(C)C(C)(C)C)N[S@](=O)C(C)(C)C. The van der Waals surface area contributed by atoms with Gasteiger partial charge >= 0.3 is 0 Å². The Morgan fingerprint density at radius 3 is 2.12 bits per heavy atom. The second-order valence-corrected chi connectivity index (χ2v) is 15.1. The molecule has 0 radical (unpaired) electrons. The van der Waals surface area contributed by atoms with Crippen LogP contribution in [0.1, 0.15) is 41.5 Å². The van der Waals surface area contributed by atoms with Gasteiger partial charge in [-0.1, -0.05) is 26.7 Å². The molecule has 0 aromatic carbocycles. The summed E-state index contributed by atoms with van der Waals surface area (Å²) < 4.78 is 31.9. The summed E-state index contributed by atoms with van der Waals surface area (Å²) >= 11 is 0. The van der Waals surface area contributed by atoms with Crippen molar-refractivity contribution < 1.29 is 18.1 Å². The molecule has 3 atom stereocenters. The number of ether oxygens (including phenoxy) is 2. The van der Waals surface area contributed by atoms with Crippen LogP contribution in [0.5, 0.6) is 0 Å². The van der Waals surface area contributed by atoms with Gasteiger partial charge in [-0.3, -0.25) is 0 Å². The summed E-state index contributed by atoms with van der Waals surface area (Å²) in [6.45, 7) is 17.0. The first-order valence-corrected chi connectivity index (χ1v) is 12.2. The third-order valence-electron chi connectivity index (χ3n) is 4.14. The Kier molecular flexibility index (Phi) is 9.37. The standard InChI is InChI=1S/C17H35NO4SSi/c1-11-15(21-13-20-8)14(18-23(19)16(2,3)4)12-22-24(9,10)17(5,6)7/h1,14-15,18H,12-13H2,2-10H3/t14-,15+,23+/m0/s1. The molecule has 5 nitrogen and oxygen atoms in total. The van der Waals surface area contributed by atoms with Crippen molar-refractivity contribution in [2.75, 3.05) is 20.5 Å². The fourth-order valence-corrected chi connectivity index (χ4v) is 3.28. The molecule has 0 aliphatic heterocycles. The molecule has 0 aliphatic rings. The molecule has 0 unspecified atom stereocenters. The van der Waals surface area contributed by atoms with Gasteiger partial charge in [0.1, 0.15) is 12.9 Å². The molecular formula is C17H35NO4SSi. The highest BCUT2D eigenvalue weighted by Crippen LogP contribution is 2.36.